The van der Waals surface area contributed by atoms with Crippen LogP contribution in [0.5, 0.6) is 0 Å². The van der Waals surface area contributed by atoms with Crippen LogP contribution in [0.3, 0.4) is 0 Å². The lowest BCUT2D eigenvalue weighted by molar-refractivity contribution is -0.385. The predicted molar refractivity (Wildman–Crippen MR) is 66.9 cm³/mol. The molecular weight excluding hydrogens is 279 g/mol. The average molecular weight is 291 g/mol. The Hall–Kier alpha value is -1.73. The number of hydrogen-bond donors (Lipinski definition) is 1. The highest BCUT2D eigenvalue weighted by Crippen LogP contribution is 2.19. The van der Waals surface area contributed by atoms with Crippen molar-refractivity contribution in [2.24, 2.45) is 0 Å². The number of amides is 1. The van der Waals surface area contributed by atoms with Crippen molar-refractivity contribution in [1.29, 1.82) is 0 Å². The van der Waals surface area contributed by atoms with Crippen molar-refractivity contribution >= 4 is 23.2 Å². The van der Waals surface area contributed by atoms with Gasteiger partial charge in [-0.05, 0) is 12.1 Å². The normalized spacial score (nSPS) is 11.9. The molecule has 0 aromatic heterocycles. The van der Waals surface area contributed by atoms with Crippen LogP contribution in [0, 0.1) is 15.9 Å². The Morgan fingerprint density at radius 2 is 2.32 bits per heavy atom. The maximum Gasteiger partial charge on any atom is 0.285 e. The van der Waals surface area contributed by atoms with E-state index in [0.29, 0.717) is 6.07 Å². The number of alkyl halides is 1. The topological polar surface area (TPSA) is 81.5 Å². The Morgan fingerprint density at radius 1 is 1.63 bits per heavy atom. The Kier molecular flexibility index (Phi) is 5.65. The molecule has 104 valence electrons. The maximum atomic E-state index is 12.9. The number of rotatable bonds is 6. The Morgan fingerprint density at radius 3 is 2.89 bits per heavy atom. The second-order valence-corrected chi connectivity index (χ2v) is 4.30. The Balaban J connectivity index is 2.79. The number of hydrogen-bond acceptors (Lipinski definition) is 4. The molecular formula is C11H12ClFN2O4. The molecule has 8 heteroatoms. The molecule has 19 heavy (non-hydrogen) atoms. The van der Waals surface area contributed by atoms with Crippen LogP contribution >= 0.6 is 11.6 Å². The molecule has 1 aromatic rings. The second-order valence-electron chi connectivity index (χ2n) is 3.68. The SMILES string of the molecule is COCC(Cl)CNC(=O)c1ccc(F)cc1[N+](=O)[O-]. The molecule has 1 unspecified atom stereocenters. The second kappa shape index (κ2) is 7.01. The number of ether oxygens (including phenoxy) is 1. The molecule has 1 rings (SSSR count). The Bertz CT molecular complexity index is 484. The molecule has 6 nitrogen and oxygen atoms in total. The number of nitro groups is 1. The van der Waals surface area contributed by atoms with E-state index in [1.54, 1.807) is 0 Å². The predicted octanol–water partition coefficient (Wildman–Crippen LogP) is 1.72. The summed E-state index contributed by atoms with van der Waals surface area (Å²) < 4.78 is 17.7. The summed E-state index contributed by atoms with van der Waals surface area (Å²) in [5.74, 6) is -1.47. The first-order valence-electron chi connectivity index (χ1n) is 5.31. The molecule has 0 aliphatic heterocycles. The number of nitrogens with zero attached hydrogens (tertiary/aromatic N) is 1. The highest BCUT2D eigenvalue weighted by atomic mass is 35.5. The molecule has 0 radical (unpaired) electrons. The van der Waals surface area contributed by atoms with Crippen LogP contribution in [0.15, 0.2) is 18.2 Å². The van der Waals surface area contributed by atoms with Gasteiger partial charge in [-0.2, -0.15) is 0 Å². The largest absolute Gasteiger partial charge is 0.383 e. The summed E-state index contributed by atoms with van der Waals surface area (Å²) in [6.07, 6.45) is 0. The van der Waals surface area contributed by atoms with E-state index >= 15 is 0 Å². The zero-order valence-electron chi connectivity index (χ0n) is 10.1. The van der Waals surface area contributed by atoms with Crippen LogP contribution in [-0.2, 0) is 4.74 Å². The van der Waals surface area contributed by atoms with E-state index in [1.807, 2.05) is 0 Å². The average Bonchev–Trinajstić information content (AvgIpc) is 2.36. The minimum Gasteiger partial charge on any atom is -0.383 e. The fraction of sp³-hybridized carbons (Fsp3) is 0.364. The highest BCUT2D eigenvalue weighted by Gasteiger charge is 2.21. The van der Waals surface area contributed by atoms with E-state index in [-0.39, 0.29) is 18.7 Å². The molecule has 0 spiro atoms. The van der Waals surface area contributed by atoms with Crippen LogP contribution < -0.4 is 5.32 Å². The molecule has 0 aliphatic rings. The van der Waals surface area contributed by atoms with Crippen LogP contribution in [0.2, 0.25) is 0 Å². The number of carbonyl (C=O) groups excluding carboxylic acids is 1. The third-order valence-electron chi connectivity index (χ3n) is 2.23. The molecule has 0 fully saturated rings. The first-order valence-corrected chi connectivity index (χ1v) is 5.74. The van der Waals surface area contributed by atoms with Gasteiger partial charge < -0.3 is 10.1 Å². The van der Waals surface area contributed by atoms with Crippen molar-refractivity contribution in [2.75, 3.05) is 20.3 Å². The molecule has 1 aromatic carbocycles. The van der Waals surface area contributed by atoms with Gasteiger partial charge in [-0.25, -0.2) is 4.39 Å². The molecule has 0 bridgehead atoms. The standard InChI is InChI=1S/C11H12ClFN2O4/c1-19-6-7(12)5-14-11(16)9-3-2-8(13)4-10(9)15(17)18/h2-4,7H,5-6H2,1H3,(H,14,16). The van der Waals surface area contributed by atoms with Gasteiger partial charge >= 0.3 is 0 Å². The zero-order valence-corrected chi connectivity index (χ0v) is 10.8. The van der Waals surface area contributed by atoms with Crippen LogP contribution in [0.4, 0.5) is 10.1 Å². The van der Waals surface area contributed by atoms with Gasteiger partial charge in [0.1, 0.15) is 11.4 Å². The Labute approximate surface area is 113 Å². The van der Waals surface area contributed by atoms with Gasteiger partial charge in [-0.15, -0.1) is 11.6 Å². The molecule has 0 heterocycles. The van der Waals surface area contributed by atoms with E-state index in [1.165, 1.54) is 7.11 Å². The maximum absolute atomic E-state index is 12.9. The fourth-order valence-corrected chi connectivity index (χ4v) is 1.59. The first kappa shape index (κ1) is 15.3. The number of methoxy groups -OCH3 is 1. The van der Waals surface area contributed by atoms with Gasteiger partial charge in [0, 0.05) is 13.7 Å². The summed E-state index contributed by atoms with van der Waals surface area (Å²) in [4.78, 5) is 21.7. The number of nitro benzene ring substituents is 1. The minimum atomic E-state index is -0.814. The molecule has 0 saturated heterocycles. The number of nitrogens with one attached hydrogen (secondary N) is 1. The van der Waals surface area contributed by atoms with Crippen molar-refractivity contribution in [2.45, 2.75) is 5.38 Å². The third-order valence-corrected chi connectivity index (χ3v) is 2.51. The van der Waals surface area contributed by atoms with Crippen molar-refractivity contribution in [3.8, 4) is 0 Å². The van der Waals surface area contributed by atoms with Gasteiger partial charge in [0.25, 0.3) is 11.6 Å². The van der Waals surface area contributed by atoms with E-state index in [0.717, 1.165) is 12.1 Å². The lowest BCUT2D eigenvalue weighted by Gasteiger charge is -2.10. The van der Waals surface area contributed by atoms with Gasteiger partial charge in [-0.3, -0.25) is 14.9 Å². The minimum absolute atomic E-state index is 0.0861. The lowest BCUT2D eigenvalue weighted by atomic mass is 10.1. The summed E-state index contributed by atoms with van der Waals surface area (Å²) in [5.41, 5.74) is -0.803. The molecule has 0 saturated carbocycles. The zero-order chi connectivity index (χ0) is 14.4. The molecule has 0 aliphatic carbocycles. The van der Waals surface area contributed by atoms with Gasteiger partial charge in [-0.1, -0.05) is 0 Å². The lowest BCUT2D eigenvalue weighted by Crippen LogP contribution is -2.32. The third kappa shape index (κ3) is 4.46. The van der Waals surface area contributed by atoms with Crippen molar-refractivity contribution < 1.29 is 18.8 Å². The van der Waals surface area contributed by atoms with Crippen LogP contribution in [-0.4, -0.2) is 36.5 Å². The van der Waals surface area contributed by atoms with E-state index < -0.39 is 27.7 Å². The van der Waals surface area contributed by atoms with Crippen LogP contribution in [0.25, 0.3) is 0 Å². The molecule has 1 atom stereocenters. The quantitative estimate of drug-likeness (QED) is 0.491. The van der Waals surface area contributed by atoms with E-state index in [4.69, 9.17) is 16.3 Å². The number of halogens is 2. The summed E-state index contributed by atoms with van der Waals surface area (Å²) >= 11 is 5.81. The molecule has 1 amide bonds. The van der Waals surface area contributed by atoms with Gasteiger partial charge in [0.05, 0.1) is 23.0 Å². The first-order chi connectivity index (χ1) is 8.95. The van der Waals surface area contributed by atoms with Gasteiger partial charge in [0.15, 0.2) is 0 Å². The summed E-state index contributed by atoms with van der Waals surface area (Å²) in [6, 6.07) is 2.74. The highest BCUT2D eigenvalue weighted by molar-refractivity contribution is 6.21. The van der Waals surface area contributed by atoms with Crippen molar-refractivity contribution in [3.05, 3.63) is 39.7 Å². The van der Waals surface area contributed by atoms with E-state index in [2.05, 4.69) is 5.32 Å². The van der Waals surface area contributed by atoms with Crippen molar-refractivity contribution in [3.63, 3.8) is 0 Å². The van der Waals surface area contributed by atoms with Crippen molar-refractivity contribution in [1.82, 2.24) is 5.32 Å². The summed E-state index contributed by atoms with van der Waals surface area (Å²) in [6.45, 7) is 0.316. The summed E-state index contributed by atoms with van der Waals surface area (Å²) in [7, 11) is 1.46. The number of benzene rings is 1. The summed E-state index contributed by atoms with van der Waals surface area (Å²) in [5, 5.41) is 12.7. The number of carbonyl (C=O) groups is 1. The van der Waals surface area contributed by atoms with E-state index in [9.17, 15) is 19.3 Å². The monoisotopic (exact) mass is 290 g/mol. The van der Waals surface area contributed by atoms with Crippen LogP contribution in [0.1, 0.15) is 10.4 Å². The smallest absolute Gasteiger partial charge is 0.285 e. The fourth-order valence-electron chi connectivity index (χ4n) is 1.39. The molecule has 1 N–H and O–H groups in total. The van der Waals surface area contributed by atoms with Gasteiger partial charge in [0.2, 0.25) is 0 Å².